The number of aliphatic hydroxyl groups is 2. The van der Waals surface area contributed by atoms with Crippen molar-refractivity contribution in [1.29, 1.82) is 0 Å². The number of likely N-dealkylation sites (tertiary alicyclic amines) is 1. The first-order chi connectivity index (χ1) is 16.2. The van der Waals surface area contributed by atoms with Gasteiger partial charge in [-0.2, -0.15) is 4.48 Å². The van der Waals surface area contributed by atoms with E-state index in [9.17, 15) is 39.3 Å². The summed E-state index contributed by atoms with van der Waals surface area (Å²) in [6.07, 6.45) is -3.22. The number of hydrogen-bond donors (Lipinski definition) is 5. The van der Waals surface area contributed by atoms with Crippen LogP contribution in [0.3, 0.4) is 0 Å². The third kappa shape index (κ3) is 4.87. The highest BCUT2D eigenvalue weighted by Gasteiger charge is 2.70. The lowest BCUT2D eigenvalue weighted by Gasteiger charge is -2.53. The van der Waals surface area contributed by atoms with Crippen LogP contribution in [-0.2, 0) is 23.9 Å². The molecule has 194 valence electrons. The Labute approximate surface area is 201 Å². The van der Waals surface area contributed by atoms with Crippen molar-refractivity contribution in [3.63, 3.8) is 0 Å². The highest BCUT2D eigenvalue weighted by Crippen LogP contribution is 2.41. The average molecular weight is 499 g/mol. The Bertz CT molecular complexity index is 960. The molecule has 0 aliphatic carbocycles. The molecule has 0 spiro atoms. The van der Waals surface area contributed by atoms with Crippen molar-refractivity contribution in [2.75, 3.05) is 19.7 Å². The number of quaternary nitrogens is 1. The Balaban J connectivity index is 1.88. The number of carbonyl (C=O) groups is 5. The normalized spacial score (nSPS) is 33.1. The Hall–Kier alpha value is -3.07. The zero-order valence-corrected chi connectivity index (χ0v) is 19.9. The van der Waals surface area contributed by atoms with Crippen molar-refractivity contribution >= 4 is 29.9 Å². The van der Waals surface area contributed by atoms with Crippen LogP contribution < -0.4 is 10.6 Å². The summed E-state index contributed by atoms with van der Waals surface area (Å²) in [5.41, 5.74) is -0.694. The molecule has 3 heterocycles. The molecule has 14 heteroatoms. The average Bonchev–Trinajstić information content (AvgIpc) is 3.12. The van der Waals surface area contributed by atoms with E-state index in [-0.39, 0.29) is 25.1 Å². The molecular formula is C21H31N4O10+. The number of aliphatic hydroxyl groups excluding tert-OH is 2. The maximum Gasteiger partial charge on any atom is 0.431 e. The topological polar surface area (TPSA) is 192 Å². The predicted molar refractivity (Wildman–Crippen MR) is 115 cm³/mol. The van der Waals surface area contributed by atoms with E-state index < -0.39 is 77.1 Å². The number of β-lactam (4-membered cyclic amide) rings is 1. The van der Waals surface area contributed by atoms with Gasteiger partial charge in [-0.25, -0.2) is 19.7 Å². The lowest BCUT2D eigenvalue weighted by molar-refractivity contribution is -0.873. The van der Waals surface area contributed by atoms with Gasteiger partial charge >= 0.3 is 18.1 Å². The van der Waals surface area contributed by atoms with E-state index in [1.807, 2.05) is 0 Å². The SMILES string of the molecule is CC1=C[N+](C2C(=O)N(CCNC(=O)OC(C)(C)C)C2C(=O)O)([C@H]2C[C@H](O)[C@@H](CO)O2)C(=O)NC1=O. The van der Waals surface area contributed by atoms with Gasteiger partial charge in [0.2, 0.25) is 12.3 Å². The molecule has 0 bridgehead atoms. The third-order valence-electron chi connectivity index (χ3n) is 6.10. The molecule has 6 atom stereocenters. The minimum Gasteiger partial charge on any atom is -0.480 e. The first kappa shape index (κ1) is 26.5. The van der Waals surface area contributed by atoms with Crippen molar-refractivity contribution in [2.45, 2.75) is 70.2 Å². The number of carboxylic acid groups (broad SMARTS) is 1. The molecule has 14 nitrogen and oxygen atoms in total. The van der Waals surface area contributed by atoms with E-state index in [1.54, 1.807) is 20.8 Å². The molecule has 3 aliphatic rings. The number of urea groups is 1. The van der Waals surface area contributed by atoms with E-state index in [0.29, 0.717) is 0 Å². The van der Waals surface area contributed by atoms with Gasteiger partial charge < -0.3 is 35.0 Å². The van der Waals surface area contributed by atoms with Crippen molar-refractivity contribution in [1.82, 2.24) is 15.5 Å². The second-order valence-corrected chi connectivity index (χ2v) is 9.71. The Morgan fingerprint density at radius 1 is 1.31 bits per heavy atom. The zero-order valence-electron chi connectivity index (χ0n) is 19.9. The number of hydrogen-bond acceptors (Lipinski definition) is 9. The van der Waals surface area contributed by atoms with Gasteiger partial charge in [0.15, 0.2) is 6.04 Å². The van der Waals surface area contributed by atoms with Crippen molar-refractivity contribution in [2.24, 2.45) is 0 Å². The first-order valence-electron chi connectivity index (χ1n) is 11.1. The summed E-state index contributed by atoms with van der Waals surface area (Å²) in [6, 6.07) is -3.99. The van der Waals surface area contributed by atoms with Gasteiger partial charge in [-0.15, -0.1) is 0 Å². The molecule has 0 aromatic rings. The third-order valence-corrected chi connectivity index (χ3v) is 6.10. The summed E-state index contributed by atoms with van der Waals surface area (Å²) in [7, 11) is 0. The van der Waals surface area contributed by atoms with Gasteiger partial charge in [-0.3, -0.25) is 9.59 Å². The number of carboxylic acids is 1. The Kier molecular flexibility index (Phi) is 7.22. The van der Waals surface area contributed by atoms with Crippen LogP contribution in [0.1, 0.15) is 34.1 Å². The molecular weight excluding hydrogens is 468 g/mol. The fourth-order valence-corrected chi connectivity index (χ4v) is 4.53. The van der Waals surface area contributed by atoms with Crippen LogP contribution in [0.25, 0.3) is 0 Å². The lowest BCUT2D eigenvalue weighted by Crippen LogP contribution is -2.83. The highest BCUT2D eigenvalue weighted by molar-refractivity contribution is 6.06. The van der Waals surface area contributed by atoms with Gasteiger partial charge in [0, 0.05) is 13.1 Å². The van der Waals surface area contributed by atoms with Crippen LogP contribution in [0.15, 0.2) is 11.8 Å². The zero-order chi connectivity index (χ0) is 26.3. The molecule has 3 aliphatic heterocycles. The monoisotopic (exact) mass is 499 g/mol. The highest BCUT2D eigenvalue weighted by atomic mass is 16.6. The predicted octanol–water partition coefficient (Wildman–Crippen LogP) is -1.39. The summed E-state index contributed by atoms with van der Waals surface area (Å²) in [6.45, 7) is 5.56. The second kappa shape index (κ2) is 9.53. The maximum absolute atomic E-state index is 13.3. The quantitative estimate of drug-likeness (QED) is 0.206. The minimum absolute atomic E-state index is 0.0529. The first-order valence-corrected chi connectivity index (χ1v) is 11.1. The summed E-state index contributed by atoms with van der Waals surface area (Å²) < 4.78 is 9.78. The van der Waals surface area contributed by atoms with E-state index in [0.717, 1.165) is 4.90 Å². The van der Waals surface area contributed by atoms with Gasteiger partial charge in [-0.1, -0.05) is 0 Å². The summed E-state index contributed by atoms with van der Waals surface area (Å²) in [4.78, 5) is 63.6. The van der Waals surface area contributed by atoms with E-state index in [4.69, 9.17) is 9.47 Å². The smallest absolute Gasteiger partial charge is 0.431 e. The molecule has 0 radical (unpaired) electrons. The molecule has 0 aromatic heterocycles. The number of imide groups is 1. The number of nitrogens with zero attached hydrogens (tertiary/aromatic N) is 2. The number of aliphatic carboxylic acids is 1. The summed E-state index contributed by atoms with van der Waals surface area (Å²) >= 11 is 0. The molecule has 2 saturated heterocycles. The van der Waals surface area contributed by atoms with Crippen molar-refractivity contribution in [3.05, 3.63) is 11.8 Å². The molecule has 5 N–H and O–H groups in total. The number of rotatable bonds is 7. The van der Waals surface area contributed by atoms with Crippen molar-refractivity contribution < 1.29 is 53.2 Å². The molecule has 35 heavy (non-hydrogen) atoms. The summed E-state index contributed by atoms with van der Waals surface area (Å²) in [5, 5.41) is 34.2. The summed E-state index contributed by atoms with van der Waals surface area (Å²) in [5.74, 6) is -2.84. The Morgan fingerprint density at radius 3 is 2.51 bits per heavy atom. The molecule has 2 fully saturated rings. The molecule has 5 amide bonds. The van der Waals surface area contributed by atoms with Crippen molar-refractivity contribution in [3.8, 4) is 0 Å². The number of alkyl carbamates (subject to hydrolysis) is 1. The van der Waals surface area contributed by atoms with Gasteiger partial charge in [0.1, 0.15) is 17.9 Å². The molecule has 3 rings (SSSR count). The van der Waals surface area contributed by atoms with Crippen LogP contribution >= 0.6 is 0 Å². The fourth-order valence-electron chi connectivity index (χ4n) is 4.53. The fraction of sp³-hybridized carbons (Fsp3) is 0.667. The number of nitrogens with one attached hydrogen (secondary N) is 2. The number of amides is 5. The molecule has 0 aromatic carbocycles. The van der Waals surface area contributed by atoms with Crippen LogP contribution in [0.5, 0.6) is 0 Å². The van der Waals surface area contributed by atoms with E-state index >= 15 is 0 Å². The maximum atomic E-state index is 13.3. The molecule has 3 unspecified atom stereocenters. The van der Waals surface area contributed by atoms with Gasteiger partial charge in [0.25, 0.3) is 11.8 Å². The van der Waals surface area contributed by atoms with Crippen LogP contribution in [0.4, 0.5) is 9.59 Å². The number of ether oxygens (including phenoxy) is 2. The standard InChI is InChI=1S/C21H30N4O10/c1-10-8-25(19(32)23-16(10)28,13-7-11(27)12(9-26)34-13)15-14(18(30)31)24(17(15)29)6-5-22-20(33)35-21(2,3)4/h8,11-15,26-27H,5-7,9H2,1-4H3,(H2-,22,23,28,30,31,32,33)/p+1/t11-,12+,13+,14?,15?,25?/m0/s1. The largest absolute Gasteiger partial charge is 0.480 e. The van der Waals surface area contributed by atoms with Crippen LogP contribution in [0.2, 0.25) is 0 Å². The van der Waals surface area contributed by atoms with Crippen LogP contribution in [-0.4, -0.2) is 110 Å². The second-order valence-electron chi connectivity index (χ2n) is 9.71. The van der Waals surface area contributed by atoms with Gasteiger partial charge in [0.05, 0.1) is 24.7 Å². The molecule has 0 saturated carbocycles. The number of carbonyl (C=O) groups excluding carboxylic acids is 4. The van der Waals surface area contributed by atoms with Gasteiger partial charge in [-0.05, 0) is 27.7 Å². The van der Waals surface area contributed by atoms with Crippen LogP contribution in [0, 0.1) is 0 Å². The van der Waals surface area contributed by atoms with E-state index in [2.05, 4.69) is 10.6 Å². The Morgan fingerprint density at radius 2 is 1.97 bits per heavy atom. The lowest BCUT2D eigenvalue weighted by atomic mass is 9.89. The minimum atomic E-state index is -1.51. The van der Waals surface area contributed by atoms with E-state index in [1.165, 1.54) is 13.1 Å².